The van der Waals surface area contributed by atoms with Crippen LogP contribution in [0.3, 0.4) is 0 Å². The second kappa shape index (κ2) is 13.9. The number of esters is 2. The van der Waals surface area contributed by atoms with E-state index in [2.05, 4.69) is 25.2 Å². The van der Waals surface area contributed by atoms with Gasteiger partial charge in [-0.25, -0.2) is 30.0 Å². The van der Waals surface area contributed by atoms with E-state index >= 15 is 0 Å². The predicted octanol–water partition coefficient (Wildman–Crippen LogP) is 3.62. The van der Waals surface area contributed by atoms with E-state index in [9.17, 15) is 14.4 Å². The molecule has 0 saturated carbocycles. The van der Waals surface area contributed by atoms with Gasteiger partial charge >= 0.3 is 18.0 Å². The van der Waals surface area contributed by atoms with E-state index in [1.54, 1.807) is 39.8 Å². The topological polar surface area (TPSA) is 130 Å². The summed E-state index contributed by atoms with van der Waals surface area (Å²) in [4.78, 5) is 50.2. The Morgan fingerprint density at radius 3 is 2.31 bits per heavy atom. The molecular weight excluding hydrogens is 578 g/mol. The smallest absolute Gasteiger partial charge is 0.426 e. The second-order valence-electron chi connectivity index (χ2n) is 11.6. The van der Waals surface area contributed by atoms with Crippen molar-refractivity contribution in [3.05, 3.63) is 72.1 Å². The van der Waals surface area contributed by atoms with Crippen molar-refractivity contribution in [2.75, 3.05) is 55.9 Å². The van der Waals surface area contributed by atoms with Crippen molar-refractivity contribution in [2.45, 2.75) is 39.8 Å². The van der Waals surface area contributed by atoms with Crippen molar-refractivity contribution in [3.63, 3.8) is 0 Å². The molecule has 2 saturated heterocycles. The number of piperazine rings is 1. The molecular formula is C32H39N7O6. The molecule has 2 fully saturated rings. The Balaban J connectivity index is 1.16. The monoisotopic (exact) mass is 617 g/mol. The number of benzene rings is 2. The Labute approximate surface area is 262 Å². The molecule has 3 aromatic rings. The van der Waals surface area contributed by atoms with Crippen LogP contribution in [0, 0.1) is 0 Å². The minimum atomic E-state index is -0.703. The van der Waals surface area contributed by atoms with E-state index in [4.69, 9.17) is 14.2 Å². The standard InChI is InChI=1S/C32H39N7O6/c1-5-43-29(41)24-9-11-27(12-10-24)36-13-15-37(16-14-36)30-33-19-26(20-34-30)25-8-6-7-23(17-25)18-35-39-22-44-28(40)21-38(39)31(42)45-32(2,3)4/h6-12,17,19-20,35H,5,13-16,18,21-22H2,1-4H3. The Morgan fingerprint density at radius 1 is 0.956 bits per heavy atom. The lowest BCUT2D eigenvalue weighted by Gasteiger charge is -2.37. The quantitative estimate of drug-likeness (QED) is 0.293. The van der Waals surface area contributed by atoms with Crippen molar-refractivity contribution in [3.8, 4) is 11.1 Å². The minimum absolute atomic E-state index is 0.122. The molecule has 0 atom stereocenters. The van der Waals surface area contributed by atoms with Gasteiger partial charge in [0.1, 0.15) is 12.1 Å². The predicted molar refractivity (Wildman–Crippen MR) is 167 cm³/mol. The summed E-state index contributed by atoms with van der Waals surface area (Å²) in [5.41, 5.74) is 6.84. The maximum absolute atomic E-state index is 12.7. The summed E-state index contributed by atoms with van der Waals surface area (Å²) in [5, 5.41) is 2.65. The van der Waals surface area contributed by atoms with Gasteiger partial charge in [-0.3, -0.25) is 4.79 Å². The van der Waals surface area contributed by atoms with Crippen LogP contribution in [0.25, 0.3) is 11.1 Å². The van der Waals surface area contributed by atoms with Crippen molar-refractivity contribution in [1.82, 2.24) is 25.5 Å². The third kappa shape index (κ3) is 8.25. The number of nitrogens with one attached hydrogen (secondary N) is 1. The van der Waals surface area contributed by atoms with Crippen molar-refractivity contribution < 1.29 is 28.6 Å². The number of ether oxygens (including phenoxy) is 3. The lowest BCUT2D eigenvalue weighted by atomic mass is 10.1. The first-order valence-corrected chi connectivity index (χ1v) is 14.9. The highest BCUT2D eigenvalue weighted by Gasteiger charge is 2.33. The van der Waals surface area contributed by atoms with Gasteiger partial charge in [0.2, 0.25) is 5.95 Å². The van der Waals surface area contributed by atoms with Gasteiger partial charge < -0.3 is 24.0 Å². The molecule has 13 heteroatoms. The Hall–Kier alpha value is -4.75. The van der Waals surface area contributed by atoms with E-state index in [-0.39, 0.29) is 19.2 Å². The number of hydrazine groups is 2. The number of amides is 1. The summed E-state index contributed by atoms with van der Waals surface area (Å²) in [6, 6.07) is 15.4. The van der Waals surface area contributed by atoms with Gasteiger partial charge in [-0.2, -0.15) is 0 Å². The summed E-state index contributed by atoms with van der Waals surface area (Å²) in [6.07, 6.45) is 3.01. The van der Waals surface area contributed by atoms with Crippen molar-refractivity contribution in [1.29, 1.82) is 0 Å². The fourth-order valence-corrected chi connectivity index (χ4v) is 4.93. The summed E-state index contributed by atoms with van der Waals surface area (Å²) >= 11 is 0. The number of rotatable bonds is 8. The first kappa shape index (κ1) is 31.7. The van der Waals surface area contributed by atoms with Crippen LogP contribution in [0.2, 0.25) is 0 Å². The summed E-state index contributed by atoms with van der Waals surface area (Å²) in [5.74, 6) is -0.139. The van der Waals surface area contributed by atoms with Crippen LogP contribution in [0.4, 0.5) is 16.4 Å². The number of hydrogen-bond donors (Lipinski definition) is 1. The number of aromatic nitrogens is 2. The number of nitrogens with zero attached hydrogens (tertiary/aromatic N) is 6. The van der Waals surface area contributed by atoms with Crippen LogP contribution in [-0.4, -0.2) is 89.8 Å². The molecule has 238 valence electrons. The highest BCUT2D eigenvalue weighted by atomic mass is 16.6. The van der Waals surface area contributed by atoms with Gasteiger partial charge in [-0.05, 0) is 69.2 Å². The average molecular weight is 618 g/mol. The van der Waals surface area contributed by atoms with Crippen LogP contribution < -0.4 is 15.2 Å². The highest BCUT2D eigenvalue weighted by molar-refractivity contribution is 5.89. The van der Waals surface area contributed by atoms with Gasteiger partial charge in [0.15, 0.2) is 6.73 Å². The molecule has 0 radical (unpaired) electrons. The summed E-state index contributed by atoms with van der Waals surface area (Å²) in [7, 11) is 0. The molecule has 5 rings (SSSR count). The van der Waals surface area contributed by atoms with Crippen molar-refractivity contribution in [2.24, 2.45) is 0 Å². The zero-order valence-corrected chi connectivity index (χ0v) is 26.1. The Bertz CT molecular complexity index is 1490. The first-order valence-electron chi connectivity index (χ1n) is 14.9. The van der Waals surface area contributed by atoms with Gasteiger partial charge in [0.05, 0.1) is 12.2 Å². The van der Waals surface area contributed by atoms with E-state index in [1.807, 2.05) is 48.8 Å². The van der Waals surface area contributed by atoms with Gasteiger partial charge in [0, 0.05) is 56.4 Å². The van der Waals surface area contributed by atoms with Gasteiger partial charge in [-0.1, -0.05) is 18.2 Å². The molecule has 0 bridgehead atoms. The number of anilines is 2. The molecule has 0 unspecified atom stereocenters. The number of hydrogen-bond acceptors (Lipinski definition) is 12. The molecule has 13 nitrogen and oxygen atoms in total. The van der Waals surface area contributed by atoms with Crippen LogP contribution in [0.15, 0.2) is 60.9 Å². The Kier molecular flexibility index (Phi) is 9.79. The van der Waals surface area contributed by atoms with E-state index in [0.717, 1.165) is 48.6 Å². The molecule has 0 aliphatic carbocycles. The third-order valence-corrected chi connectivity index (χ3v) is 7.19. The largest absolute Gasteiger partial charge is 0.462 e. The lowest BCUT2D eigenvalue weighted by molar-refractivity contribution is -0.194. The molecule has 2 aromatic carbocycles. The van der Waals surface area contributed by atoms with E-state index < -0.39 is 17.7 Å². The third-order valence-electron chi connectivity index (χ3n) is 7.19. The first-order chi connectivity index (χ1) is 21.6. The number of carbonyl (C=O) groups excluding carboxylic acids is 3. The summed E-state index contributed by atoms with van der Waals surface area (Å²) < 4.78 is 15.6. The molecule has 45 heavy (non-hydrogen) atoms. The maximum atomic E-state index is 12.7. The van der Waals surface area contributed by atoms with Crippen LogP contribution in [0.5, 0.6) is 0 Å². The molecule has 0 spiro atoms. The SMILES string of the molecule is CCOC(=O)c1ccc(N2CCN(c3ncc(-c4cccc(CNN5COC(=O)CN5C(=O)OC(C)(C)C)c4)cn3)CC2)cc1. The van der Waals surface area contributed by atoms with E-state index in [1.165, 1.54) is 10.1 Å². The fraction of sp³-hybridized carbons (Fsp3) is 0.406. The van der Waals surface area contributed by atoms with Crippen LogP contribution in [0.1, 0.15) is 43.6 Å². The number of carbonyl (C=O) groups is 3. The minimum Gasteiger partial charge on any atom is -0.462 e. The van der Waals surface area contributed by atoms with Gasteiger partial charge in [0.25, 0.3) is 0 Å². The summed E-state index contributed by atoms with van der Waals surface area (Å²) in [6.45, 7) is 10.6. The second-order valence-corrected chi connectivity index (χ2v) is 11.6. The van der Waals surface area contributed by atoms with Crippen molar-refractivity contribution >= 4 is 29.7 Å². The highest BCUT2D eigenvalue weighted by Crippen LogP contribution is 2.23. The van der Waals surface area contributed by atoms with Crippen LogP contribution >= 0.6 is 0 Å². The van der Waals surface area contributed by atoms with Gasteiger partial charge in [-0.15, -0.1) is 5.12 Å². The lowest BCUT2D eigenvalue weighted by Crippen LogP contribution is -2.60. The molecule has 2 aliphatic heterocycles. The molecule has 3 heterocycles. The van der Waals surface area contributed by atoms with Crippen LogP contribution in [-0.2, 0) is 25.5 Å². The Morgan fingerprint density at radius 2 is 1.64 bits per heavy atom. The molecule has 1 aromatic heterocycles. The number of cyclic esters (lactones) is 1. The zero-order chi connectivity index (χ0) is 32.0. The molecule has 1 N–H and O–H groups in total. The zero-order valence-electron chi connectivity index (χ0n) is 26.1. The average Bonchev–Trinajstić information content (AvgIpc) is 3.04. The normalized spacial score (nSPS) is 15.9. The van der Waals surface area contributed by atoms with E-state index in [0.29, 0.717) is 24.7 Å². The molecule has 1 amide bonds. The maximum Gasteiger partial charge on any atom is 0.426 e. The molecule has 2 aliphatic rings. The fourth-order valence-electron chi connectivity index (χ4n) is 4.93.